The Morgan fingerprint density at radius 3 is 2.86 bits per heavy atom. The first-order valence-corrected chi connectivity index (χ1v) is 9.17. The third-order valence-electron chi connectivity index (χ3n) is 5.29. The summed E-state index contributed by atoms with van der Waals surface area (Å²) in [6, 6.07) is 3.44. The van der Waals surface area contributed by atoms with Gasteiger partial charge in [0.1, 0.15) is 11.6 Å². The molecule has 0 N–H and O–H groups in total. The number of benzene rings is 1. The third kappa shape index (κ3) is 2.38. The third-order valence-corrected chi connectivity index (χ3v) is 6.36. The molecule has 1 heterocycles. The van der Waals surface area contributed by atoms with E-state index in [1.54, 1.807) is 6.07 Å². The lowest BCUT2D eigenvalue weighted by Gasteiger charge is -2.23. The first kappa shape index (κ1) is 14.2. The van der Waals surface area contributed by atoms with Gasteiger partial charge in [-0.3, -0.25) is 0 Å². The predicted molar refractivity (Wildman–Crippen MR) is 90.9 cm³/mol. The number of rotatable bonds is 3. The van der Waals surface area contributed by atoms with Gasteiger partial charge in [0.15, 0.2) is 0 Å². The SMILES string of the molecule is Fc1cc2c(cc1I)nc(CCl)n2CC1CC2CCC1C2. The average molecular weight is 419 g/mol. The molecule has 2 saturated carbocycles. The van der Waals surface area contributed by atoms with Crippen LogP contribution in [-0.2, 0) is 12.4 Å². The van der Waals surface area contributed by atoms with Crippen molar-refractivity contribution < 1.29 is 4.39 Å². The summed E-state index contributed by atoms with van der Waals surface area (Å²) in [5.74, 6) is 3.57. The van der Waals surface area contributed by atoms with Crippen LogP contribution in [0.15, 0.2) is 12.1 Å². The summed E-state index contributed by atoms with van der Waals surface area (Å²) in [5, 5.41) is 0. The highest BCUT2D eigenvalue weighted by molar-refractivity contribution is 14.1. The van der Waals surface area contributed by atoms with Crippen molar-refractivity contribution in [2.24, 2.45) is 17.8 Å². The van der Waals surface area contributed by atoms with Crippen LogP contribution < -0.4 is 0 Å². The largest absolute Gasteiger partial charge is 0.327 e. The van der Waals surface area contributed by atoms with Crippen molar-refractivity contribution in [2.75, 3.05) is 0 Å². The molecule has 0 spiro atoms. The quantitative estimate of drug-likeness (QED) is 0.509. The van der Waals surface area contributed by atoms with Crippen LogP contribution in [0.1, 0.15) is 31.5 Å². The van der Waals surface area contributed by atoms with Crippen LogP contribution in [0, 0.1) is 27.1 Å². The molecular formula is C16H17ClFIN2. The fourth-order valence-corrected chi connectivity index (χ4v) is 4.97. The maximum absolute atomic E-state index is 13.9. The van der Waals surface area contributed by atoms with Crippen molar-refractivity contribution >= 4 is 45.2 Å². The maximum Gasteiger partial charge on any atom is 0.138 e. The molecule has 4 rings (SSSR count). The summed E-state index contributed by atoms with van der Waals surface area (Å²) in [6.07, 6.45) is 5.48. The lowest BCUT2D eigenvalue weighted by Crippen LogP contribution is -2.18. The van der Waals surface area contributed by atoms with Gasteiger partial charge >= 0.3 is 0 Å². The van der Waals surface area contributed by atoms with E-state index in [0.29, 0.717) is 15.4 Å². The topological polar surface area (TPSA) is 17.8 Å². The van der Waals surface area contributed by atoms with Gasteiger partial charge in [-0.05, 0) is 65.7 Å². The monoisotopic (exact) mass is 418 g/mol. The number of fused-ring (bicyclic) bond motifs is 3. The van der Waals surface area contributed by atoms with Crippen LogP contribution in [0.25, 0.3) is 11.0 Å². The van der Waals surface area contributed by atoms with Crippen LogP contribution in [0.5, 0.6) is 0 Å². The Hall–Kier alpha value is -0.360. The van der Waals surface area contributed by atoms with E-state index in [2.05, 4.69) is 9.55 Å². The summed E-state index contributed by atoms with van der Waals surface area (Å²) < 4.78 is 16.7. The number of nitrogens with zero attached hydrogens (tertiary/aromatic N) is 2. The van der Waals surface area contributed by atoms with Gasteiger partial charge in [-0.2, -0.15) is 0 Å². The highest BCUT2D eigenvalue weighted by Crippen LogP contribution is 2.49. The summed E-state index contributed by atoms with van der Waals surface area (Å²) >= 11 is 8.08. The number of halogens is 3. The first-order valence-electron chi connectivity index (χ1n) is 7.56. The van der Waals surface area contributed by atoms with E-state index in [1.807, 2.05) is 28.7 Å². The Bertz CT molecular complexity index is 699. The molecule has 1 aromatic heterocycles. The highest BCUT2D eigenvalue weighted by atomic mass is 127. The molecule has 3 unspecified atom stereocenters. The van der Waals surface area contributed by atoms with E-state index in [0.717, 1.165) is 35.2 Å². The molecule has 3 atom stereocenters. The van der Waals surface area contributed by atoms with Gasteiger partial charge in [0.2, 0.25) is 0 Å². The standard InChI is InChI=1S/C16H17ClFIN2/c17-7-16-20-14-6-13(19)12(18)5-15(14)21(16)8-11-4-9-1-2-10(11)3-9/h5-6,9-11H,1-4,7-8H2. The number of alkyl halides is 1. The van der Waals surface area contributed by atoms with Gasteiger partial charge in [-0.1, -0.05) is 6.42 Å². The van der Waals surface area contributed by atoms with Gasteiger partial charge in [0, 0.05) is 12.6 Å². The van der Waals surface area contributed by atoms with E-state index >= 15 is 0 Å². The van der Waals surface area contributed by atoms with Crippen molar-refractivity contribution in [3.63, 3.8) is 0 Å². The minimum atomic E-state index is -0.168. The number of imidazole rings is 1. The van der Waals surface area contributed by atoms with Gasteiger partial charge in [0.05, 0.1) is 20.5 Å². The van der Waals surface area contributed by atoms with Gasteiger partial charge < -0.3 is 4.57 Å². The molecule has 2 nitrogen and oxygen atoms in total. The summed E-state index contributed by atoms with van der Waals surface area (Å²) in [7, 11) is 0. The van der Waals surface area contributed by atoms with Crippen LogP contribution in [-0.4, -0.2) is 9.55 Å². The fraction of sp³-hybridized carbons (Fsp3) is 0.562. The summed E-state index contributed by atoms with van der Waals surface area (Å²) in [4.78, 5) is 4.60. The molecule has 5 heteroatoms. The van der Waals surface area contributed by atoms with E-state index in [-0.39, 0.29) is 5.82 Å². The minimum Gasteiger partial charge on any atom is -0.327 e. The summed E-state index contributed by atoms with van der Waals surface area (Å²) in [6.45, 7) is 0.944. The number of hydrogen-bond acceptors (Lipinski definition) is 1. The normalized spacial score (nSPS) is 27.9. The Kier molecular flexibility index (Phi) is 3.64. The van der Waals surface area contributed by atoms with Crippen molar-refractivity contribution in [2.45, 2.75) is 38.1 Å². The number of hydrogen-bond donors (Lipinski definition) is 0. The van der Waals surface area contributed by atoms with E-state index in [1.165, 1.54) is 25.7 Å². The van der Waals surface area contributed by atoms with E-state index < -0.39 is 0 Å². The second kappa shape index (κ2) is 5.37. The molecule has 112 valence electrons. The highest BCUT2D eigenvalue weighted by Gasteiger charge is 2.39. The first-order chi connectivity index (χ1) is 10.2. The van der Waals surface area contributed by atoms with Gasteiger partial charge in [-0.15, -0.1) is 11.6 Å². The van der Waals surface area contributed by atoms with Crippen LogP contribution in [0.2, 0.25) is 0 Å². The van der Waals surface area contributed by atoms with Crippen molar-refractivity contribution in [3.8, 4) is 0 Å². The van der Waals surface area contributed by atoms with Gasteiger partial charge in [-0.25, -0.2) is 9.37 Å². The minimum absolute atomic E-state index is 0.168. The van der Waals surface area contributed by atoms with Crippen molar-refractivity contribution in [1.82, 2.24) is 9.55 Å². The molecule has 0 aliphatic heterocycles. The maximum atomic E-state index is 13.9. The van der Waals surface area contributed by atoms with E-state index in [4.69, 9.17) is 11.6 Å². The van der Waals surface area contributed by atoms with Crippen LogP contribution in [0.4, 0.5) is 4.39 Å². The average Bonchev–Trinajstić information content (AvgIpc) is 3.15. The molecule has 0 saturated heterocycles. The molecule has 2 fully saturated rings. The Morgan fingerprint density at radius 1 is 1.33 bits per heavy atom. The van der Waals surface area contributed by atoms with Crippen molar-refractivity contribution in [3.05, 3.63) is 27.3 Å². The number of aromatic nitrogens is 2. The fourth-order valence-electron chi connectivity index (χ4n) is 4.31. The molecular weight excluding hydrogens is 402 g/mol. The molecule has 0 amide bonds. The second-order valence-corrected chi connectivity index (χ2v) is 7.89. The molecule has 0 radical (unpaired) electrons. The molecule has 2 aliphatic carbocycles. The molecule has 2 bridgehead atoms. The molecule has 2 aromatic rings. The van der Waals surface area contributed by atoms with Gasteiger partial charge in [0.25, 0.3) is 0 Å². The predicted octanol–water partition coefficient (Wildman–Crippen LogP) is 4.96. The Morgan fingerprint density at radius 2 is 2.19 bits per heavy atom. The van der Waals surface area contributed by atoms with Crippen LogP contribution in [0.3, 0.4) is 0 Å². The van der Waals surface area contributed by atoms with Crippen molar-refractivity contribution in [1.29, 1.82) is 0 Å². The zero-order valence-corrected chi connectivity index (χ0v) is 14.6. The Labute approximate surface area is 142 Å². The smallest absolute Gasteiger partial charge is 0.138 e. The van der Waals surface area contributed by atoms with E-state index in [9.17, 15) is 4.39 Å². The zero-order chi connectivity index (χ0) is 14.6. The Balaban J connectivity index is 1.74. The summed E-state index contributed by atoms with van der Waals surface area (Å²) in [5.41, 5.74) is 1.76. The lowest BCUT2D eigenvalue weighted by molar-refractivity contribution is 0.296. The van der Waals surface area contributed by atoms with Crippen LogP contribution >= 0.6 is 34.2 Å². The molecule has 21 heavy (non-hydrogen) atoms. The molecule has 1 aromatic carbocycles. The lowest BCUT2D eigenvalue weighted by atomic mass is 9.89. The second-order valence-electron chi connectivity index (χ2n) is 6.46. The molecule has 2 aliphatic rings. The zero-order valence-electron chi connectivity index (χ0n) is 11.7.